The Morgan fingerprint density at radius 2 is 1.68 bits per heavy atom. The van der Waals surface area contributed by atoms with Crippen LogP contribution in [0.4, 0.5) is 5.69 Å². The molecule has 1 aliphatic heterocycles. The molecule has 1 aliphatic rings. The van der Waals surface area contributed by atoms with Crippen LogP contribution in [0.3, 0.4) is 0 Å². The van der Waals surface area contributed by atoms with Crippen molar-refractivity contribution < 1.29 is 4.74 Å². The summed E-state index contributed by atoms with van der Waals surface area (Å²) in [5, 5.41) is 4.25. The monoisotopic (exact) mass is 468 g/mol. The lowest BCUT2D eigenvalue weighted by atomic mass is 10.0. The predicted molar refractivity (Wildman–Crippen MR) is 141 cm³/mol. The van der Waals surface area contributed by atoms with Gasteiger partial charge in [-0.25, -0.2) is 0 Å². The first-order valence-corrected chi connectivity index (χ1v) is 12.1. The zero-order valence-corrected chi connectivity index (χ0v) is 20.2. The van der Waals surface area contributed by atoms with Crippen LogP contribution in [-0.2, 0) is 6.42 Å². The zero-order chi connectivity index (χ0) is 23.5. The van der Waals surface area contributed by atoms with Crippen molar-refractivity contribution in [2.75, 3.05) is 11.5 Å². The molecule has 1 saturated heterocycles. The Bertz CT molecular complexity index is 1250. The van der Waals surface area contributed by atoms with Crippen molar-refractivity contribution in [1.29, 1.82) is 0 Å². The number of aromatic nitrogens is 2. The summed E-state index contributed by atoms with van der Waals surface area (Å²) < 4.78 is 7.86. The van der Waals surface area contributed by atoms with Crippen molar-refractivity contribution in [3.63, 3.8) is 0 Å². The van der Waals surface area contributed by atoms with E-state index in [0.29, 0.717) is 11.7 Å². The van der Waals surface area contributed by atoms with E-state index in [1.54, 1.807) is 0 Å². The lowest BCUT2D eigenvalue weighted by Gasteiger charge is -2.29. The van der Waals surface area contributed by atoms with E-state index >= 15 is 0 Å². The molecule has 0 amide bonds. The Morgan fingerprint density at radius 3 is 2.35 bits per heavy atom. The van der Waals surface area contributed by atoms with Crippen molar-refractivity contribution in [2.45, 2.75) is 32.4 Å². The molecule has 0 bridgehead atoms. The molecule has 5 rings (SSSR count). The minimum absolute atomic E-state index is 0.0727. The molecule has 0 spiro atoms. The van der Waals surface area contributed by atoms with E-state index in [-0.39, 0.29) is 12.1 Å². The molecule has 2 atom stereocenters. The molecule has 2 aromatic heterocycles. The molecular weight excluding hydrogens is 440 g/mol. The molecular formula is C28H28N4OS. The van der Waals surface area contributed by atoms with Gasteiger partial charge in [0.15, 0.2) is 5.11 Å². The fourth-order valence-electron chi connectivity index (χ4n) is 4.57. The van der Waals surface area contributed by atoms with Gasteiger partial charge in [0.25, 0.3) is 0 Å². The second kappa shape index (κ2) is 9.69. The Kier molecular flexibility index (Phi) is 6.32. The van der Waals surface area contributed by atoms with Crippen molar-refractivity contribution in [1.82, 2.24) is 14.9 Å². The van der Waals surface area contributed by atoms with Gasteiger partial charge in [-0.1, -0.05) is 25.1 Å². The molecule has 1 fully saturated rings. The molecule has 34 heavy (non-hydrogen) atoms. The second-order valence-corrected chi connectivity index (χ2v) is 8.63. The molecule has 0 saturated carbocycles. The highest BCUT2D eigenvalue weighted by Crippen LogP contribution is 2.42. The van der Waals surface area contributed by atoms with Gasteiger partial charge in [0.2, 0.25) is 0 Å². The third-order valence-corrected chi connectivity index (χ3v) is 6.54. The fourth-order valence-corrected chi connectivity index (χ4v) is 4.91. The maximum absolute atomic E-state index is 5.88. The Hall–Kier alpha value is -3.64. The van der Waals surface area contributed by atoms with E-state index < -0.39 is 0 Å². The number of aryl methyl sites for hydroxylation is 1. The highest BCUT2D eigenvalue weighted by molar-refractivity contribution is 7.80. The quantitative estimate of drug-likeness (QED) is 0.337. The average Bonchev–Trinajstić information content (AvgIpc) is 3.49. The third kappa shape index (κ3) is 4.17. The van der Waals surface area contributed by atoms with Gasteiger partial charge in [0.05, 0.1) is 18.3 Å². The number of nitrogens with zero attached hydrogens (tertiary/aromatic N) is 3. The van der Waals surface area contributed by atoms with Crippen LogP contribution in [0.5, 0.6) is 5.75 Å². The maximum atomic E-state index is 5.88. The maximum Gasteiger partial charge on any atom is 0.174 e. The molecule has 0 aliphatic carbocycles. The first kappa shape index (κ1) is 22.2. The fraction of sp³-hybridized carbons (Fsp3) is 0.214. The van der Waals surface area contributed by atoms with Crippen molar-refractivity contribution in [3.05, 3.63) is 108 Å². The Balaban J connectivity index is 1.60. The number of hydrogen-bond donors (Lipinski definition) is 1. The summed E-state index contributed by atoms with van der Waals surface area (Å²) in [6, 6.07) is 27.0. The number of hydrogen-bond acceptors (Lipinski definition) is 3. The van der Waals surface area contributed by atoms with E-state index in [4.69, 9.17) is 17.0 Å². The smallest absolute Gasteiger partial charge is 0.174 e. The summed E-state index contributed by atoms with van der Waals surface area (Å²) >= 11 is 5.88. The van der Waals surface area contributed by atoms with Gasteiger partial charge in [-0.3, -0.25) is 4.98 Å². The molecule has 0 radical (unpaired) electrons. The number of nitrogens with one attached hydrogen (secondary N) is 1. The van der Waals surface area contributed by atoms with E-state index in [1.165, 1.54) is 5.56 Å². The van der Waals surface area contributed by atoms with Crippen LogP contribution in [0.1, 0.15) is 42.9 Å². The van der Waals surface area contributed by atoms with Crippen LogP contribution in [-0.4, -0.2) is 21.3 Å². The SMILES string of the molecule is CCOc1ccc(-n2cccc2[C@@H]2[C@@H](c3ccccn3)NC(=S)N2c2ccc(CC)cc2)cc1. The van der Waals surface area contributed by atoms with Gasteiger partial charge >= 0.3 is 0 Å². The predicted octanol–water partition coefficient (Wildman–Crippen LogP) is 6.01. The number of pyridine rings is 1. The number of thiocarbonyl (C=S) groups is 1. The first-order valence-electron chi connectivity index (χ1n) is 11.7. The summed E-state index contributed by atoms with van der Waals surface area (Å²) in [5.41, 5.74) is 5.53. The zero-order valence-electron chi connectivity index (χ0n) is 19.4. The normalized spacial score (nSPS) is 17.6. The summed E-state index contributed by atoms with van der Waals surface area (Å²) in [6.45, 7) is 4.81. The van der Waals surface area contributed by atoms with Gasteiger partial charge in [-0.2, -0.15) is 0 Å². The van der Waals surface area contributed by atoms with Crippen LogP contribution in [0.2, 0.25) is 0 Å². The topological polar surface area (TPSA) is 42.3 Å². The largest absolute Gasteiger partial charge is 0.494 e. The van der Waals surface area contributed by atoms with Crippen LogP contribution in [0, 0.1) is 0 Å². The van der Waals surface area contributed by atoms with Crippen LogP contribution >= 0.6 is 12.2 Å². The summed E-state index contributed by atoms with van der Waals surface area (Å²) in [7, 11) is 0. The van der Waals surface area contributed by atoms with E-state index in [0.717, 1.165) is 34.9 Å². The Morgan fingerprint density at radius 1 is 0.912 bits per heavy atom. The summed E-state index contributed by atoms with van der Waals surface area (Å²) in [6.07, 6.45) is 4.94. The lowest BCUT2D eigenvalue weighted by Crippen LogP contribution is -2.30. The minimum Gasteiger partial charge on any atom is -0.494 e. The highest BCUT2D eigenvalue weighted by Gasteiger charge is 2.42. The molecule has 3 heterocycles. The van der Waals surface area contributed by atoms with Gasteiger partial charge in [-0.05, 0) is 91.8 Å². The van der Waals surface area contributed by atoms with Crippen LogP contribution < -0.4 is 15.0 Å². The number of ether oxygens (including phenoxy) is 1. The van der Waals surface area contributed by atoms with Crippen molar-refractivity contribution in [3.8, 4) is 11.4 Å². The molecule has 6 heteroatoms. The minimum atomic E-state index is -0.0871. The third-order valence-electron chi connectivity index (χ3n) is 6.23. The molecule has 2 aromatic carbocycles. The van der Waals surface area contributed by atoms with Crippen molar-refractivity contribution in [2.24, 2.45) is 0 Å². The number of benzene rings is 2. The van der Waals surface area contributed by atoms with Crippen molar-refractivity contribution >= 4 is 23.0 Å². The van der Waals surface area contributed by atoms with Crippen LogP contribution in [0.15, 0.2) is 91.3 Å². The standard InChI is InChI=1S/C28H28N4OS/c1-3-20-10-12-22(13-11-20)32-27(26(30-28(32)34)24-8-5-6-18-29-24)25-9-7-19-31(25)21-14-16-23(17-15-21)33-4-2/h5-19,26-27H,3-4H2,1-2H3,(H,30,34)/t26-,27-/m1/s1. The van der Waals surface area contributed by atoms with Gasteiger partial charge in [-0.15, -0.1) is 0 Å². The number of rotatable bonds is 7. The van der Waals surface area contributed by atoms with Gasteiger partial charge in [0.1, 0.15) is 11.8 Å². The van der Waals surface area contributed by atoms with E-state index in [2.05, 4.69) is 87.5 Å². The second-order valence-electron chi connectivity index (χ2n) is 8.25. The van der Waals surface area contributed by atoms with Gasteiger partial charge < -0.3 is 19.5 Å². The molecule has 4 aromatic rings. The molecule has 0 unspecified atom stereocenters. The van der Waals surface area contributed by atoms with Crippen LogP contribution in [0.25, 0.3) is 5.69 Å². The first-order chi connectivity index (χ1) is 16.7. The van der Waals surface area contributed by atoms with E-state index in [1.807, 2.05) is 37.4 Å². The number of anilines is 1. The molecule has 1 N–H and O–H groups in total. The molecule has 172 valence electrons. The van der Waals surface area contributed by atoms with E-state index in [9.17, 15) is 0 Å². The summed E-state index contributed by atoms with van der Waals surface area (Å²) in [4.78, 5) is 6.89. The Labute approximate surface area is 206 Å². The average molecular weight is 469 g/mol. The lowest BCUT2D eigenvalue weighted by molar-refractivity contribution is 0.340. The highest BCUT2D eigenvalue weighted by atomic mass is 32.1. The van der Waals surface area contributed by atoms with Gasteiger partial charge in [0, 0.05) is 29.5 Å². The summed E-state index contributed by atoms with van der Waals surface area (Å²) in [5.74, 6) is 0.868. The molecule has 5 nitrogen and oxygen atoms in total.